The van der Waals surface area contributed by atoms with Crippen LogP contribution in [0.2, 0.25) is 0 Å². The Bertz CT molecular complexity index is 317. The summed E-state index contributed by atoms with van der Waals surface area (Å²) in [4.78, 5) is 0. The van der Waals surface area contributed by atoms with Crippen LogP contribution < -0.4 is 15.8 Å². The lowest BCUT2D eigenvalue weighted by Crippen LogP contribution is -2.19. The van der Waals surface area contributed by atoms with E-state index in [0.717, 1.165) is 22.5 Å². The van der Waals surface area contributed by atoms with E-state index in [9.17, 15) is 0 Å². The van der Waals surface area contributed by atoms with Gasteiger partial charge in [0, 0.05) is 11.0 Å². The molecular formula is C11H17BrN2O. The van der Waals surface area contributed by atoms with E-state index in [1.54, 1.807) is 7.11 Å². The second-order valence-electron chi connectivity index (χ2n) is 3.57. The Morgan fingerprint density at radius 2 is 2.27 bits per heavy atom. The average Bonchev–Trinajstić information content (AvgIpc) is 2.26. The quantitative estimate of drug-likeness (QED) is 0.866. The summed E-state index contributed by atoms with van der Waals surface area (Å²) in [6.45, 7) is 3.64. The van der Waals surface area contributed by atoms with Crippen molar-refractivity contribution in [1.29, 1.82) is 0 Å². The fourth-order valence-electron chi connectivity index (χ4n) is 1.19. The highest BCUT2D eigenvalue weighted by Gasteiger charge is 2.04. The van der Waals surface area contributed by atoms with Crippen LogP contribution in [-0.2, 0) is 0 Å². The third-order valence-corrected chi connectivity index (χ3v) is 2.70. The van der Waals surface area contributed by atoms with Crippen LogP contribution in [0.3, 0.4) is 0 Å². The highest BCUT2D eigenvalue weighted by atomic mass is 79.9. The summed E-state index contributed by atoms with van der Waals surface area (Å²) in [5, 5.41) is 3.32. The molecule has 0 saturated heterocycles. The highest BCUT2D eigenvalue weighted by Crippen LogP contribution is 2.27. The second kappa shape index (κ2) is 5.98. The molecule has 0 aliphatic heterocycles. The molecule has 0 fully saturated rings. The minimum Gasteiger partial charge on any atom is -0.495 e. The first-order valence-electron chi connectivity index (χ1n) is 4.95. The monoisotopic (exact) mass is 272 g/mol. The van der Waals surface area contributed by atoms with E-state index in [-0.39, 0.29) is 0 Å². The minimum absolute atomic E-state index is 0.452. The molecule has 15 heavy (non-hydrogen) atoms. The van der Waals surface area contributed by atoms with Gasteiger partial charge < -0.3 is 15.8 Å². The number of halogens is 1. The van der Waals surface area contributed by atoms with Crippen LogP contribution in [0, 0.1) is 5.92 Å². The molecule has 0 aliphatic carbocycles. The zero-order valence-electron chi connectivity index (χ0n) is 9.09. The van der Waals surface area contributed by atoms with Crippen molar-refractivity contribution in [3.8, 4) is 5.75 Å². The van der Waals surface area contributed by atoms with Crippen LogP contribution in [-0.4, -0.2) is 20.2 Å². The lowest BCUT2D eigenvalue weighted by Gasteiger charge is -2.14. The van der Waals surface area contributed by atoms with Crippen molar-refractivity contribution in [3.05, 3.63) is 22.7 Å². The SMILES string of the molecule is COc1ccc(Br)cc1NCC(C)CN. The van der Waals surface area contributed by atoms with Gasteiger partial charge >= 0.3 is 0 Å². The first-order valence-corrected chi connectivity index (χ1v) is 5.74. The maximum atomic E-state index is 5.56. The summed E-state index contributed by atoms with van der Waals surface area (Å²) in [5.41, 5.74) is 6.55. The van der Waals surface area contributed by atoms with Crippen molar-refractivity contribution >= 4 is 21.6 Å². The maximum absolute atomic E-state index is 5.56. The molecule has 0 saturated carbocycles. The molecule has 0 spiro atoms. The van der Waals surface area contributed by atoms with E-state index in [0.29, 0.717) is 12.5 Å². The zero-order chi connectivity index (χ0) is 11.3. The van der Waals surface area contributed by atoms with Gasteiger partial charge in [0.05, 0.1) is 12.8 Å². The van der Waals surface area contributed by atoms with Crippen LogP contribution in [0.15, 0.2) is 22.7 Å². The van der Waals surface area contributed by atoms with Crippen LogP contribution >= 0.6 is 15.9 Å². The summed E-state index contributed by atoms with van der Waals surface area (Å²) >= 11 is 3.43. The minimum atomic E-state index is 0.452. The van der Waals surface area contributed by atoms with Crippen molar-refractivity contribution in [3.63, 3.8) is 0 Å². The van der Waals surface area contributed by atoms with E-state index < -0.39 is 0 Å². The van der Waals surface area contributed by atoms with Crippen LogP contribution in [0.5, 0.6) is 5.75 Å². The van der Waals surface area contributed by atoms with E-state index in [1.165, 1.54) is 0 Å². The van der Waals surface area contributed by atoms with Crippen molar-refractivity contribution in [2.45, 2.75) is 6.92 Å². The van der Waals surface area contributed by atoms with Crippen molar-refractivity contribution in [1.82, 2.24) is 0 Å². The van der Waals surface area contributed by atoms with Crippen molar-refractivity contribution in [2.24, 2.45) is 11.7 Å². The van der Waals surface area contributed by atoms with Gasteiger partial charge in [-0.15, -0.1) is 0 Å². The molecule has 0 aliphatic rings. The third kappa shape index (κ3) is 3.72. The molecule has 1 aromatic carbocycles. The smallest absolute Gasteiger partial charge is 0.142 e. The number of rotatable bonds is 5. The Balaban J connectivity index is 2.69. The largest absolute Gasteiger partial charge is 0.495 e. The summed E-state index contributed by atoms with van der Waals surface area (Å²) in [5.74, 6) is 1.30. The molecule has 1 aromatic rings. The number of hydrogen-bond donors (Lipinski definition) is 2. The molecule has 0 bridgehead atoms. The molecule has 3 N–H and O–H groups in total. The van der Waals surface area contributed by atoms with E-state index in [1.807, 2.05) is 18.2 Å². The van der Waals surface area contributed by atoms with E-state index in [4.69, 9.17) is 10.5 Å². The van der Waals surface area contributed by atoms with Gasteiger partial charge in [-0.05, 0) is 30.7 Å². The summed E-state index contributed by atoms with van der Waals surface area (Å²) < 4.78 is 6.29. The van der Waals surface area contributed by atoms with Gasteiger partial charge in [-0.25, -0.2) is 0 Å². The number of hydrogen-bond acceptors (Lipinski definition) is 3. The van der Waals surface area contributed by atoms with Crippen LogP contribution in [0.1, 0.15) is 6.92 Å². The Kier molecular flexibility index (Phi) is 4.91. The molecule has 0 amide bonds. The number of anilines is 1. The molecule has 1 rings (SSSR count). The molecule has 84 valence electrons. The predicted octanol–water partition coefficient (Wildman–Crippen LogP) is 2.46. The van der Waals surface area contributed by atoms with E-state index >= 15 is 0 Å². The number of methoxy groups -OCH3 is 1. The van der Waals surface area contributed by atoms with Gasteiger partial charge in [-0.2, -0.15) is 0 Å². The molecule has 0 heterocycles. The first-order chi connectivity index (χ1) is 7.17. The Morgan fingerprint density at radius 1 is 1.53 bits per heavy atom. The zero-order valence-corrected chi connectivity index (χ0v) is 10.7. The number of nitrogens with one attached hydrogen (secondary N) is 1. The lowest BCUT2D eigenvalue weighted by atomic mass is 10.2. The Morgan fingerprint density at radius 3 is 2.87 bits per heavy atom. The topological polar surface area (TPSA) is 47.3 Å². The fourth-order valence-corrected chi connectivity index (χ4v) is 1.55. The molecule has 1 unspecified atom stereocenters. The van der Waals surface area contributed by atoms with E-state index in [2.05, 4.69) is 28.2 Å². The van der Waals surface area contributed by atoms with Gasteiger partial charge in [0.1, 0.15) is 5.75 Å². The third-order valence-electron chi connectivity index (χ3n) is 2.20. The highest BCUT2D eigenvalue weighted by molar-refractivity contribution is 9.10. The molecule has 4 heteroatoms. The Hall–Kier alpha value is -0.740. The van der Waals surface area contributed by atoms with Crippen LogP contribution in [0.4, 0.5) is 5.69 Å². The Labute approximate surface area is 99.1 Å². The van der Waals surface area contributed by atoms with Gasteiger partial charge in [-0.3, -0.25) is 0 Å². The standard InChI is InChI=1S/C11H17BrN2O/c1-8(6-13)7-14-10-5-9(12)3-4-11(10)15-2/h3-5,8,14H,6-7,13H2,1-2H3. The second-order valence-corrected chi connectivity index (χ2v) is 4.48. The number of benzene rings is 1. The first kappa shape index (κ1) is 12.3. The number of nitrogens with two attached hydrogens (primary N) is 1. The predicted molar refractivity (Wildman–Crippen MR) is 67.4 cm³/mol. The van der Waals surface area contributed by atoms with Gasteiger partial charge in [0.15, 0.2) is 0 Å². The average molecular weight is 273 g/mol. The molecule has 0 aromatic heterocycles. The summed E-state index contributed by atoms with van der Waals surface area (Å²) in [6.07, 6.45) is 0. The summed E-state index contributed by atoms with van der Waals surface area (Å²) in [7, 11) is 1.67. The van der Waals surface area contributed by atoms with Gasteiger partial charge in [0.25, 0.3) is 0 Å². The summed E-state index contributed by atoms with van der Waals surface area (Å²) in [6, 6.07) is 5.89. The molecule has 0 radical (unpaired) electrons. The van der Waals surface area contributed by atoms with Gasteiger partial charge in [-0.1, -0.05) is 22.9 Å². The van der Waals surface area contributed by atoms with Crippen molar-refractivity contribution < 1.29 is 4.74 Å². The molecular weight excluding hydrogens is 256 g/mol. The fraction of sp³-hybridized carbons (Fsp3) is 0.455. The molecule has 1 atom stereocenters. The van der Waals surface area contributed by atoms with Crippen molar-refractivity contribution in [2.75, 3.05) is 25.5 Å². The number of ether oxygens (including phenoxy) is 1. The maximum Gasteiger partial charge on any atom is 0.142 e. The molecule has 3 nitrogen and oxygen atoms in total. The normalized spacial score (nSPS) is 12.3. The van der Waals surface area contributed by atoms with Crippen LogP contribution in [0.25, 0.3) is 0 Å². The van der Waals surface area contributed by atoms with Gasteiger partial charge in [0.2, 0.25) is 0 Å². The lowest BCUT2D eigenvalue weighted by molar-refractivity contribution is 0.416.